The zero-order valence-corrected chi connectivity index (χ0v) is 23.4. The molecule has 0 spiro atoms. The molecule has 1 unspecified atom stereocenters. The highest BCUT2D eigenvalue weighted by Gasteiger charge is 2.35. The number of carbonyl (C=O) groups is 2. The molecule has 0 aliphatic carbocycles. The fraction of sp³-hybridized carbons (Fsp3) is 0.500. The summed E-state index contributed by atoms with van der Waals surface area (Å²) in [6, 6.07) is 15.1. The second kappa shape index (κ2) is 14.0. The quantitative estimate of drug-likeness (QED) is 0.148. The Morgan fingerprint density at radius 3 is 2.26 bits per heavy atom. The predicted octanol–water partition coefficient (Wildman–Crippen LogP) is 3.26. The molecule has 1 heterocycles. The van der Waals surface area contributed by atoms with Gasteiger partial charge in [0.2, 0.25) is 11.8 Å². The number of benzene rings is 2. The molecule has 3 rings (SSSR count). The molecule has 1 aliphatic rings. The number of amides is 2. The average molecular weight is 537 g/mol. The molecule has 1 aliphatic heterocycles. The van der Waals surface area contributed by atoms with Crippen molar-refractivity contribution < 1.29 is 14.7 Å². The van der Waals surface area contributed by atoms with E-state index in [1.165, 1.54) is 0 Å². The molecule has 0 saturated carbocycles. The lowest BCUT2D eigenvalue weighted by atomic mass is 9.75. The van der Waals surface area contributed by atoms with Gasteiger partial charge in [-0.05, 0) is 73.4 Å². The molecule has 1 saturated heterocycles. The summed E-state index contributed by atoms with van der Waals surface area (Å²) in [5.74, 6) is 0.152. The van der Waals surface area contributed by atoms with Crippen LogP contribution in [-0.2, 0) is 16.1 Å². The van der Waals surface area contributed by atoms with Gasteiger partial charge in [-0.15, -0.1) is 0 Å². The van der Waals surface area contributed by atoms with Crippen LogP contribution in [-0.4, -0.2) is 53.5 Å². The zero-order chi connectivity index (χ0) is 28.4. The van der Waals surface area contributed by atoms with Crippen molar-refractivity contribution in [1.82, 2.24) is 20.9 Å². The van der Waals surface area contributed by atoms with Crippen LogP contribution in [0, 0.1) is 16.7 Å². The molecule has 2 amide bonds. The van der Waals surface area contributed by atoms with Crippen molar-refractivity contribution in [3.8, 4) is 5.75 Å². The maximum absolute atomic E-state index is 13.9. The number of nitrogens with one attached hydrogen (secondary N) is 4. The normalized spacial score (nSPS) is 16.2. The number of aromatic hydroxyl groups is 1. The molecule has 2 aromatic rings. The van der Waals surface area contributed by atoms with Gasteiger partial charge in [0.25, 0.3) is 0 Å². The third kappa shape index (κ3) is 9.28. The fourth-order valence-electron chi connectivity index (χ4n) is 5.16. The van der Waals surface area contributed by atoms with Crippen molar-refractivity contribution in [1.29, 1.82) is 5.41 Å². The number of piperidine rings is 1. The lowest BCUT2D eigenvalue weighted by Gasteiger charge is -2.41. The van der Waals surface area contributed by atoms with Crippen LogP contribution < -0.4 is 21.7 Å². The van der Waals surface area contributed by atoms with Gasteiger partial charge in [-0.2, -0.15) is 0 Å². The summed E-state index contributed by atoms with van der Waals surface area (Å²) in [6.07, 6.45) is 2.98. The molecule has 9 heteroatoms. The summed E-state index contributed by atoms with van der Waals surface area (Å²) < 4.78 is 0. The number of phenolic OH excluding ortho intramolecular Hbond substituents is 1. The van der Waals surface area contributed by atoms with Crippen molar-refractivity contribution in [3.05, 3.63) is 65.7 Å². The van der Waals surface area contributed by atoms with Gasteiger partial charge in [0.05, 0.1) is 0 Å². The van der Waals surface area contributed by atoms with E-state index in [4.69, 9.17) is 11.1 Å². The fourth-order valence-corrected chi connectivity index (χ4v) is 5.16. The number of likely N-dealkylation sites (tertiary alicyclic amines) is 1. The minimum absolute atomic E-state index is 0.129. The van der Waals surface area contributed by atoms with E-state index in [9.17, 15) is 14.7 Å². The third-order valence-corrected chi connectivity index (χ3v) is 7.50. The van der Waals surface area contributed by atoms with Crippen LogP contribution in [0.15, 0.2) is 54.6 Å². The number of rotatable bonds is 11. The highest BCUT2D eigenvalue weighted by atomic mass is 16.3. The van der Waals surface area contributed by atoms with Crippen LogP contribution >= 0.6 is 0 Å². The molecule has 9 nitrogen and oxygen atoms in total. The van der Waals surface area contributed by atoms with Gasteiger partial charge < -0.3 is 26.8 Å². The Morgan fingerprint density at radius 1 is 1.03 bits per heavy atom. The first kappa shape index (κ1) is 30.0. The van der Waals surface area contributed by atoms with Gasteiger partial charge in [0, 0.05) is 13.1 Å². The monoisotopic (exact) mass is 536 g/mol. The van der Waals surface area contributed by atoms with Gasteiger partial charge in [0.1, 0.15) is 17.8 Å². The van der Waals surface area contributed by atoms with Crippen molar-refractivity contribution in [3.63, 3.8) is 0 Å². The van der Waals surface area contributed by atoms with E-state index in [0.29, 0.717) is 25.3 Å². The van der Waals surface area contributed by atoms with Gasteiger partial charge in [-0.25, -0.2) is 0 Å². The van der Waals surface area contributed by atoms with Crippen LogP contribution in [0.25, 0.3) is 0 Å². The second-order valence-corrected chi connectivity index (χ2v) is 11.4. The Labute approximate surface area is 232 Å². The Balaban J connectivity index is 1.73. The van der Waals surface area contributed by atoms with E-state index in [0.717, 1.165) is 37.1 Å². The molecule has 7 N–H and O–H groups in total. The second-order valence-electron chi connectivity index (χ2n) is 11.4. The largest absolute Gasteiger partial charge is 0.508 e. The highest BCUT2D eigenvalue weighted by molar-refractivity contribution is 5.90. The number of hydrogen-bond acceptors (Lipinski definition) is 5. The van der Waals surface area contributed by atoms with Crippen molar-refractivity contribution in [2.45, 2.75) is 65.1 Å². The molecule has 1 fully saturated rings. The van der Waals surface area contributed by atoms with Crippen LogP contribution in [0.3, 0.4) is 0 Å². The average Bonchev–Trinajstić information content (AvgIpc) is 2.90. The first-order valence-corrected chi connectivity index (χ1v) is 13.8. The van der Waals surface area contributed by atoms with E-state index in [2.05, 4.69) is 41.6 Å². The summed E-state index contributed by atoms with van der Waals surface area (Å²) in [4.78, 5) is 29.3. The Kier molecular flexibility index (Phi) is 10.7. The molecule has 0 aromatic heterocycles. The van der Waals surface area contributed by atoms with Crippen molar-refractivity contribution in [2.24, 2.45) is 17.1 Å². The molecule has 0 radical (unpaired) electrons. The third-order valence-electron chi connectivity index (χ3n) is 7.50. The molecule has 39 heavy (non-hydrogen) atoms. The highest BCUT2D eigenvalue weighted by Crippen LogP contribution is 2.36. The molecule has 2 atom stereocenters. The van der Waals surface area contributed by atoms with Gasteiger partial charge in [-0.1, -0.05) is 63.2 Å². The summed E-state index contributed by atoms with van der Waals surface area (Å²) in [6.45, 7) is 9.16. The molecular weight excluding hydrogens is 492 g/mol. The summed E-state index contributed by atoms with van der Waals surface area (Å²) in [5.41, 5.74) is 7.37. The summed E-state index contributed by atoms with van der Waals surface area (Å²) >= 11 is 0. The van der Waals surface area contributed by atoms with Gasteiger partial charge in [-0.3, -0.25) is 19.9 Å². The minimum atomic E-state index is -0.748. The van der Waals surface area contributed by atoms with E-state index >= 15 is 0 Å². The Morgan fingerprint density at radius 2 is 1.67 bits per heavy atom. The summed E-state index contributed by atoms with van der Waals surface area (Å²) in [7, 11) is 0. The smallest absolute Gasteiger partial charge is 0.242 e. The zero-order valence-electron chi connectivity index (χ0n) is 23.4. The van der Waals surface area contributed by atoms with Crippen LogP contribution in [0.4, 0.5) is 0 Å². The number of guanidine groups is 1. The molecular formula is C30H44N6O3. The van der Waals surface area contributed by atoms with Crippen LogP contribution in [0.2, 0.25) is 0 Å². The lowest BCUT2D eigenvalue weighted by Crippen LogP contribution is -2.52. The minimum Gasteiger partial charge on any atom is -0.508 e. The molecule has 0 bridgehead atoms. The number of nitrogens with zero attached hydrogens (tertiary/aromatic N) is 1. The van der Waals surface area contributed by atoms with E-state index in [1.807, 2.05) is 30.3 Å². The standard InChI is InChI=1S/C30H44N6O3/c1-30(2,3)23-15-18-36(19-16-23)26(22-8-5-4-6-9-22)28(39)35-25(10-7-17-33-29(31)32)27(38)34-20-21-11-13-24(37)14-12-21/h4-6,8-9,11-14,23,25-26,37H,7,10,15-20H2,1-3H3,(H,34,38)(H,35,39)(H4,31,32,33)/t25-,26?/m1/s1. The maximum Gasteiger partial charge on any atom is 0.242 e. The van der Waals surface area contributed by atoms with Crippen molar-refractivity contribution in [2.75, 3.05) is 19.6 Å². The topological polar surface area (TPSA) is 144 Å². The first-order valence-electron chi connectivity index (χ1n) is 13.8. The first-order chi connectivity index (χ1) is 18.5. The molecule has 2 aromatic carbocycles. The SMILES string of the molecule is CC(C)(C)C1CCN(C(C(=O)N[C@H](CCCNC(=N)N)C(=O)NCc2ccc(O)cc2)c2ccccc2)CC1. The van der Waals surface area contributed by atoms with Gasteiger partial charge >= 0.3 is 0 Å². The number of hydrogen-bond donors (Lipinski definition) is 6. The van der Waals surface area contributed by atoms with Gasteiger partial charge in [0.15, 0.2) is 5.96 Å². The summed E-state index contributed by atoms with van der Waals surface area (Å²) in [5, 5.41) is 25.6. The Bertz CT molecular complexity index is 1080. The Hall–Kier alpha value is -3.59. The predicted molar refractivity (Wildman–Crippen MR) is 154 cm³/mol. The van der Waals surface area contributed by atoms with E-state index < -0.39 is 12.1 Å². The van der Waals surface area contributed by atoms with Crippen molar-refractivity contribution >= 4 is 17.8 Å². The maximum atomic E-state index is 13.9. The van der Waals surface area contributed by atoms with E-state index in [-0.39, 0.29) is 35.5 Å². The number of nitrogens with two attached hydrogens (primary N) is 1. The van der Waals surface area contributed by atoms with Crippen LogP contribution in [0.1, 0.15) is 63.6 Å². The van der Waals surface area contributed by atoms with E-state index in [1.54, 1.807) is 24.3 Å². The van der Waals surface area contributed by atoms with Crippen LogP contribution in [0.5, 0.6) is 5.75 Å². The lowest BCUT2D eigenvalue weighted by molar-refractivity contribution is -0.133. The number of phenols is 1. The number of carbonyl (C=O) groups excluding carboxylic acids is 2. The molecule has 212 valence electrons.